The van der Waals surface area contributed by atoms with Crippen molar-refractivity contribution in [2.75, 3.05) is 17.3 Å². The molecule has 86 valence electrons. The van der Waals surface area contributed by atoms with Gasteiger partial charge >= 0.3 is 0 Å². The molecule has 0 aliphatic carbocycles. The molecule has 0 aromatic carbocycles. The molecule has 1 unspecified atom stereocenters. The second kappa shape index (κ2) is 5.11. The van der Waals surface area contributed by atoms with E-state index in [9.17, 15) is 0 Å². The summed E-state index contributed by atoms with van der Waals surface area (Å²) < 4.78 is 1.66. The van der Waals surface area contributed by atoms with E-state index in [2.05, 4.69) is 39.0 Å². The highest BCUT2D eigenvalue weighted by Crippen LogP contribution is 2.11. The average Bonchev–Trinajstić information content (AvgIpc) is 2.77. The van der Waals surface area contributed by atoms with E-state index in [1.165, 1.54) is 0 Å². The van der Waals surface area contributed by atoms with Gasteiger partial charge in [-0.15, -0.1) is 5.10 Å². The lowest BCUT2D eigenvalue weighted by molar-refractivity contribution is 0.748. The SMILES string of the molecule is CCC(CSC)Nc1cncc2nnnn12. The summed E-state index contributed by atoms with van der Waals surface area (Å²) in [4.78, 5) is 4.10. The number of anilines is 1. The number of fused-ring (bicyclic) bond motifs is 1. The van der Waals surface area contributed by atoms with Gasteiger partial charge in [0.05, 0.1) is 12.4 Å². The van der Waals surface area contributed by atoms with Crippen LogP contribution in [0.2, 0.25) is 0 Å². The van der Waals surface area contributed by atoms with Gasteiger partial charge in [0, 0.05) is 11.8 Å². The third-order valence-electron chi connectivity index (χ3n) is 2.32. The van der Waals surface area contributed by atoms with Crippen molar-refractivity contribution in [3.05, 3.63) is 12.4 Å². The van der Waals surface area contributed by atoms with Crippen molar-refractivity contribution in [2.24, 2.45) is 0 Å². The van der Waals surface area contributed by atoms with Crippen molar-refractivity contribution in [2.45, 2.75) is 19.4 Å². The fourth-order valence-electron chi connectivity index (χ4n) is 1.45. The van der Waals surface area contributed by atoms with Gasteiger partial charge in [-0.05, 0) is 23.1 Å². The molecule has 0 radical (unpaired) electrons. The molecule has 2 rings (SSSR count). The summed E-state index contributed by atoms with van der Waals surface area (Å²) in [6, 6.07) is 0.409. The van der Waals surface area contributed by atoms with Gasteiger partial charge in [0.2, 0.25) is 0 Å². The predicted octanol–water partition coefficient (Wildman–Crippen LogP) is 1.07. The number of hydrogen-bond acceptors (Lipinski definition) is 6. The van der Waals surface area contributed by atoms with E-state index in [-0.39, 0.29) is 0 Å². The lowest BCUT2D eigenvalue weighted by Gasteiger charge is -2.16. The largest absolute Gasteiger partial charge is 0.365 e. The Labute approximate surface area is 97.8 Å². The zero-order valence-electron chi connectivity index (χ0n) is 9.29. The van der Waals surface area contributed by atoms with Crippen LogP contribution in [-0.4, -0.2) is 43.1 Å². The number of hydrogen-bond donors (Lipinski definition) is 1. The molecule has 0 aliphatic rings. The topological polar surface area (TPSA) is 68.0 Å². The van der Waals surface area contributed by atoms with E-state index in [1.54, 1.807) is 16.9 Å². The smallest absolute Gasteiger partial charge is 0.199 e. The molecule has 0 fully saturated rings. The Kier molecular flexibility index (Phi) is 3.55. The van der Waals surface area contributed by atoms with Gasteiger partial charge in [-0.25, -0.2) is 0 Å². The fraction of sp³-hybridized carbons (Fsp3) is 0.556. The maximum absolute atomic E-state index is 4.10. The van der Waals surface area contributed by atoms with Crippen molar-refractivity contribution >= 4 is 23.2 Å². The van der Waals surface area contributed by atoms with Crippen LogP contribution in [-0.2, 0) is 0 Å². The maximum Gasteiger partial charge on any atom is 0.199 e. The average molecular weight is 238 g/mol. The Hall–Kier alpha value is -1.37. The standard InChI is InChI=1S/C9H14N6S/c1-3-7(6-16-2)11-8-4-10-5-9-12-13-14-15(8)9/h4-5,7,11H,3,6H2,1-2H3. The van der Waals surface area contributed by atoms with Gasteiger partial charge in [-0.3, -0.25) is 4.98 Å². The van der Waals surface area contributed by atoms with E-state index in [1.807, 2.05) is 11.8 Å². The summed E-state index contributed by atoms with van der Waals surface area (Å²) in [5, 5.41) is 14.8. The molecule has 2 heterocycles. The van der Waals surface area contributed by atoms with Crippen molar-refractivity contribution < 1.29 is 0 Å². The first kappa shape index (κ1) is 11.1. The molecule has 1 N–H and O–H groups in total. The highest BCUT2D eigenvalue weighted by atomic mass is 32.2. The van der Waals surface area contributed by atoms with Gasteiger partial charge in [0.25, 0.3) is 0 Å². The molecule has 6 nitrogen and oxygen atoms in total. The van der Waals surface area contributed by atoms with E-state index in [4.69, 9.17) is 0 Å². The van der Waals surface area contributed by atoms with E-state index in [0.29, 0.717) is 11.7 Å². The Morgan fingerprint density at radius 3 is 3.12 bits per heavy atom. The fourth-order valence-corrected chi connectivity index (χ4v) is 2.17. The van der Waals surface area contributed by atoms with E-state index in [0.717, 1.165) is 18.0 Å². The number of thioether (sulfide) groups is 1. The predicted molar refractivity (Wildman–Crippen MR) is 64.7 cm³/mol. The first-order valence-corrected chi connectivity index (χ1v) is 6.52. The number of tetrazole rings is 1. The Morgan fingerprint density at radius 2 is 2.38 bits per heavy atom. The molecule has 0 saturated heterocycles. The second-order valence-electron chi connectivity index (χ2n) is 3.45. The van der Waals surface area contributed by atoms with Crippen molar-refractivity contribution in [3.8, 4) is 0 Å². The molecular formula is C9H14N6S. The highest BCUT2D eigenvalue weighted by molar-refractivity contribution is 7.98. The first-order valence-electron chi connectivity index (χ1n) is 5.12. The van der Waals surface area contributed by atoms with Crippen LogP contribution in [0.5, 0.6) is 0 Å². The summed E-state index contributed by atoms with van der Waals surface area (Å²) in [5.74, 6) is 1.89. The third kappa shape index (κ3) is 2.24. The number of nitrogens with zero attached hydrogens (tertiary/aromatic N) is 5. The van der Waals surface area contributed by atoms with Crippen LogP contribution in [0.3, 0.4) is 0 Å². The molecule has 0 bridgehead atoms. The summed E-state index contributed by atoms with van der Waals surface area (Å²) in [6.45, 7) is 2.15. The lowest BCUT2D eigenvalue weighted by atomic mass is 10.2. The first-order chi connectivity index (χ1) is 7.85. The quantitative estimate of drug-likeness (QED) is 0.840. The van der Waals surface area contributed by atoms with Crippen LogP contribution >= 0.6 is 11.8 Å². The maximum atomic E-state index is 4.10. The minimum atomic E-state index is 0.409. The molecular weight excluding hydrogens is 224 g/mol. The number of aromatic nitrogens is 5. The van der Waals surface area contributed by atoms with Gasteiger partial charge < -0.3 is 5.32 Å². The second-order valence-corrected chi connectivity index (χ2v) is 4.36. The van der Waals surface area contributed by atoms with Crippen LogP contribution in [0.25, 0.3) is 5.65 Å². The number of rotatable bonds is 5. The summed E-state index contributed by atoms with van der Waals surface area (Å²) in [7, 11) is 0. The van der Waals surface area contributed by atoms with Gasteiger partial charge in [-0.1, -0.05) is 6.92 Å². The van der Waals surface area contributed by atoms with Crippen LogP contribution in [0.15, 0.2) is 12.4 Å². The van der Waals surface area contributed by atoms with Gasteiger partial charge in [0.1, 0.15) is 0 Å². The molecule has 0 saturated carbocycles. The lowest BCUT2D eigenvalue weighted by Crippen LogP contribution is -2.22. The van der Waals surface area contributed by atoms with Gasteiger partial charge in [-0.2, -0.15) is 16.3 Å². The van der Waals surface area contributed by atoms with Crippen molar-refractivity contribution in [1.82, 2.24) is 25.0 Å². The van der Waals surface area contributed by atoms with Crippen LogP contribution in [0.4, 0.5) is 5.82 Å². The van der Waals surface area contributed by atoms with Crippen LogP contribution < -0.4 is 5.32 Å². The molecule has 16 heavy (non-hydrogen) atoms. The van der Waals surface area contributed by atoms with Gasteiger partial charge in [0.15, 0.2) is 11.5 Å². The molecule has 2 aromatic heterocycles. The Bertz CT molecular complexity index is 456. The molecule has 2 aromatic rings. The molecule has 0 aliphatic heterocycles. The summed E-state index contributed by atoms with van der Waals surface area (Å²) >= 11 is 1.82. The Balaban J connectivity index is 2.22. The van der Waals surface area contributed by atoms with E-state index < -0.39 is 0 Å². The highest BCUT2D eigenvalue weighted by Gasteiger charge is 2.09. The number of nitrogens with one attached hydrogen (secondary N) is 1. The van der Waals surface area contributed by atoms with Crippen molar-refractivity contribution in [1.29, 1.82) is 0 Å². The Morgan fingerprint density at radius 1 is 1.50 bits per heavy atom. The third-order valence-corrected chi connectivity index (χ3v) is 3.06. The van der Waals surface area contributed by atoms with Crippen molar-refractivity contribution in [3.63, 3.8) is 0 Å². The normalized spacial score (nSPS) is 12.9. The van der Waals surface area contributed by atoms with Crippen LogP contribution in [0.1, 0.15) is 13.3 Å². The minimum absolute atomic E-state index is 0.409. The molecule has 0 spiro atoms. The van der Waals surface area contributed by atoms with Crippen LogP contribution in [0, 0.1) is 0 Å². The molecule has 7 heteroatoms. The minimum Gasteiger partial charge on any atom is -0.365 e. The summed E-state index contributed by atoms with van der Waals surface area (Å²) in [5.41, 5.74) is 0.656. The zero-order valence-corrected chi connectivity index (χ0v) is 10.1. The molecule has 1 atom stereocenters. The van der Waals surface area contributed by atoms with E-state index >= 15 is 0 Å². The monoisotopic (exact) mass is 238 g/mol. The molecule has 0 amide bonds. The summed E-state index contributed by atoms with van der Waals surface area (Å²) in [6.07, 6.45) is 6.53. The zero-order chi connectivity index (χ0) is 11.4.